The van der Waals surface area contributed by atoms with Gasteiger partial charge in [-0.25, -0.2) is 0 Å². The summed E-state index contributed by atoms with van der Waals surface area (Å²) in [4.78, 5) is 11.3. The van der Waals surface area contributed by atoms with E-state index < -0.39 is 0 Å². The molecule has 0 radical (unpaired) electrons. The van der Waals surface area contributed by atoms with Gasteiger partial charge < -0.3 is 4.74 Å². The molecular weight excluding hydrogens is 176 g/mol. The van der Waals surface area contributed by atoms with Crippen molar-refractivity contribution in [3.63, 3.8) is 0 Å². The monoisotopic (exact) mass is 192 g/mol. The van der Waals surface area contributed by atoms with Crippen LogP contribution in [0.1, 0.15) is 29.8 Å². The van der Waals surface area contributed by atoms with E-state index in [1.807, 2.05) is 31.2 Å². The van der Waals surface area contributed by atoms with Crippen molar-refractivity contribution >= 4 is 5.78 Å². The van der Waals surface area contributed by atoms with E-state index >= 15 is 0 Å². The first-order chi connectivity index (χ1) is 6.65. The van der Waals surface area contributed by atoms with E-state index in [0.29, 0.717) is 0 Å². The van der Waals surface area contributed by atoms with E-state index in [1.54, 1.807) is 14.0 Å². The minimum Gasteiger partial charge on any atom is -0.381 e. The highest BCUT2D eigenvalue weighted by Gasteiger charge is 2.08. The predicted molar refractivity (Wildman–Crippen MR) is 56.6 cm³/mol. The number of ether oxygens (including phenoxy) is 1. The third-order valence-electron chi connectivity index (χ3n) is 2.31. The van der Waals surface area contributed by atoms with Crippen molar-refractivity contribution in [3.05, 3.63) is 35.4 Å². The summed E-state index contributed by atoms with van der Waals surface area (Å²) in [6, 6.07) is 7.67. The Balaban J connectivity index is 2.90. The van der Waals surface area contributed by atoms with Crippen molar-refractivity contribution in [1.29, 1.82) is 0 Å². The zero-order valence-corrected chi connectivity index (χ0v) is 8.91. The molecule has 0 fully saturated rings. The second-order valence-electron chi connectivity index (χ2n) is 3.46. The summed E-state index contributed by atoms with van der Waals surface area (Å²) in [6.45, 7) is 3.59. The highest BCUT2D eigenvalue weighted by molar-refractivity contribution is 5.95. The van der Waals surface area contributed by atoms with Crippen LogP contribution >= 0.6 is 0 Å². The van der Waals surface area contributed by atoms with Crippen molar-refractivity contribution < 1.29 is 9.53 Å². The van der Waals surface area contributed by atoms with E-state index in [0.717, 1.165) is 17.5 Å². The second kappa shape index (κ2) is 4.91. The van der Waals surface area contributed by atoms with Crippen molar-refractivity contribution in [2.24, 2.45) is 0 Å². The Morgan fingerprint density at radius 3 is 2.64 bits per heavy atom. The number of rotatable bonds is 4. The van der Waals surface area contributed by atoms with Gasteiger partial charge in [0.25, 0.3) is 0 Å². The largest absolute Gasteiger partial charge is 0.381 e. The summed E-state index contributed by atoms with van der Waals surface area (Å²) in [5, 5.41) is 0. The normalized spacial score (nSPS) is 12.5. The first-order valence-corrected chi connectivity index (χ1v) is 4.76. The fourth-order valence-electron chi connectivity index (χ4n) is 1.43. The molecule has 1 rings (SSSR count). The molecule has 0 saturated carbocycles. The zero-order chi connectivity index (χ0) is 10.6. The van der Waals surface area contributed by atoms with Gasteiger partial charge in [-0.1, -0.05) is 24.3 Å². The summed E-state index contributed by atoms with van der Waals surface area (Å²) in [6.07, 6.45) is 0.933. The van der Waals surface area contributed by atoms with Gasteiger partial charge in [0.05, 0.1) is 6.10 Å². The van der Waals surface area contributed by atoms with E-state index in [9.17, 15) is 4.79 Å². The van der Waals surface area contributed by atoms with Gasteiger partial charge in [0.15, 0.2) is 5.78 Å². The maximum absolute atomic E-state index is 11.3. The van der Waals surface area contributed by atoms with Crippen LogP contribution in [0, 0.1) is 0 Å². The molecule has 2 nitrogen and oxygen atoms in total. The first-order valence-electron chi connectivity index (χ1n) is 4.76. The fraction of sp³-hybridized carbons (Fsp3) is 0.417. The van der Waals surface area contributed by atoms with Crippen LogP contribution in [0.25, 0.3) is 0 Å². The number of methoxy groups -OCH3 is 1. The predicted octanol–water partition coefficient (Wildman–Crippen LogP) is 2.47. The highest BCUT2D eigenvalue weighted by atomic mass is 16.5. The van der Waals surface area contributed by atoms with Crippen LogP contribution in [0.2, 0.25) is 0 Å². The van der Waals surface area contributed by atoms with Crippen LogP contribution in [-0.2, 0) is 11.2 Å². The molecule has 1 aromatic carbocycles. The Morgan fingerprint density at radius 2 is 2.07 bits per heavy atom. The Kier molecular flexibility index (Phi) is 3.84. The minimum absolute atomic E-state index is 0.115. The van der Waals surface area contributed by atoms with Gasteiger partial charge in [0.2, 0.25) is 0 Å². The lowest BCUT2D eigenvalue weighted by atomic mass is 10.00. The van der Waals surface area contributed by atoms with Crippen LogP contribution in [-0.4, -0.2) is 19.0 Å². The number of ketones is 1. The average molecular weight is 192 g/mol. The number of Topliss-reactive ketones (excluding diaryl/α,β-unsaturated/α-hetero) is 1. The van der Waals surface area contributed by atoms with Gasteiger partial charge in [-0.15, -0.1) is 0 Å². The molecule has 1 unspecified atom stereocenters. The highest BCUT2D eigenvalue weighted by Crippen LogP contribution is 2.12. The molecule has 0 aliphatic rings. The van der Waals surface area contributed by atoms with Crippen LogP contribution in [0.15, 0.2) is 24.3 Å². The molecule has 1 atom stereocenters. The Labute approximate surface area is 84.9 Å². The topological polar surface area (TPSA) is 26.3 Å². The van der Waals surface area contributed by atoms with Gasteiger partial charge in [0.1, 0.15) is 0 Å². The Bertz CT molecular complexity index is 318. The molecular formula is C12H16O2. The average Bonchev–Trinajstić information content (AvgIpc) is 2.18. The van der Waals surface area contributed by atoms with Crippen molar-refractivity contribution in [1.82, 2.24) is 0 Å². The molecule has 0 spiro atoms. The number of benzene rings is 1. The van der Waals surface area contributed by atoms with E-state index in [2.05, 4.69) is 0 Å². The Morgan fingerprint density at radius 1 is 1.43 bits per heavy atom. The lowest BCUT2D eigenvalue weighted by Gasteiger charge is -2.11. The van der Waals surface area contributed by atoms with Gasteiger partial charge in [-0.2, -0.15) is 0 Å². The van der Waals surface area contributed by atoms with Crippen LogP contribution in [0.5, 0.6) is 0 Å². The maximum atomic E-state index is 11.3. The van der Waals surface area contributed by atoms with Gasteiger partial charge in [0, 0.05) is 12.7 Å². The fourth-order valence-corrected chi connectivity index (χ4v) is 1.43. The summed E-state index contributed by atoms with van der Waals surface area (Å²) < 4.78 is 5.18. The lowest BCUT2D eigenvalue weighted by Crippen LogP contribution is -2.11. The van der Waals surface area contributed by atoms with Crippen molar-refractivity contribution in [2.45, 2.75) is 26.4 Å². The molecule has 0 N–H and O–H groups in total. The SMILES string of the molecule is COC(C)Cc1ccccc1C(C)=O. The molecule has 0 amide bonds. The van der Waals surface area contributed by atoms with Gasteiger partial charge in [-0.3, -0.25) is 4.79 Å². The zero-order valence-electron chi connectivity index (χ0n) is 8.91. The molecule has 0 aliphatic heterocycles. The second-order valence-corrected chi connectivity index (χ2v) is 3.46. The molecule has 2 heteroatoms. The number of hydrogen-bond acceptors (Lipinski definition) is 2. The quantitative estimate of drug-likeness (QED) is 0.685. The maximum Gasteiger partial charge on any atom is 0.160 e. The van der Waals surface area contributed by atoms with Gasteiger partial charge >= 0.3 is 0 Å². The molecule has 1 aromatic rings. The standard InChI is InChI=1S/C12H16O2/c1-9(14-3)8-11-6-4-5-7-12(11)10(2)13/h4-7,9H,8H2,1-3H3. The van der Waals surface area contributed by atoms with Crippen LogP contribution in [0.3, 0.4) is 0 Å². The summed E-state index contributed by atoms with van der Waals surface area (Å²) in [5.74, 6) is 0.115. The van der Waals surface area contributed by atoms with E-state index in [-0.39, 0.29) is 11.9 Å². The molecule has 0 aromatic heterocycles. The number of carbonyl (C=O) groups is 1. The first kappa shape index (κ1) is 10.9. The molecule has 14 heavy (non-hydrogen) atoms. The molecule has 0 heterocycles. The Hall–Kier alpha value is -1.15. The third kappa shape index (κ3) is 2.67. The number of hydrogen-bond donors (Lipinski definition) is 0. The van der Waals surface area contributed by atoms with Crippen molar-refractivity contribution in [2.75, 3.05) is 7.11 Å². The van der Waals surface area contributed by atoms with E-state index in [4.69, 9.17) is 4.74 Å². The summed E-state index contributed by atoms with van der Waals surface area (Å²) in [7, 11) is 1.68. The smallest absolute Gasteiger partial charge is 0.160 e. The summed E-state index contributed by atoms with van der Waals surface area (Å²) >= 11 is 0. The van der Waals surface area contributed by atoms with Gasteiger partial charge in [-0.05, 0) is 25.8 Å². The van der Waals surface area contributed by atoms with Crippen LogP contribution in [0.4, 0.5) is 0 Å². The molecule has 0 bridgehead atoms. The van der Waals surface area contributed by atoms with E-state index in [1.165, 1.54) is 0 Å². The molecule has 76 valence electrons. The summed E-state index contributed by atoms with van der Waals surface area (Å²) in [5.41, 5.74) is 1.87. The van der Waals surface area contributed by atoms with Crippen LogP contribution < -0.4 is 0 Å². The third-order valence-corrected chi connectivity index (χ3v) is 2.31. The lowest BCUT2D eigenvalue weighted by molar-refractivity contribution is 0.101. The minimum atomic E-state index is 0.115. The van der Waals surface area contributed by atoms with Crippen molar-refractivity contribution in [3.8, 4) is 0 Å². The molecule has 0 saturated heterocycles. The molecule has 0 aliphatic carbocycles. The number of carbonyl (C=O) groups excluding carboxylic acids is 1.